The van der Waals surface area contributed by atoms with E-state index < -0.39 is 34.6 Å². The summed E-state index contributed by atoms with van der Waals surface area (Å²) in [5.41, 5.74) is -5.95. The number of alkyl halides is 6. The normalized spacial score (nSPS) is 31.2. The van der Waals surface area contributed by atoms with E-state index in [1.165, 1.54) is 0 Å². The number of aliphatic hydroxyl groups is 1. The number of halogens is 6. The van der Waals surface area contributed by atoms with Crippen LogP contribution in [0.25, 0.3) is 0 Å². The van der Waals surface area contributed by atoms with Crippen LogP contribution in [0.15, 0.2) is 18.2 Å². The van der Waals surface area contributed by atoms with Crippen LogP contribution in [0.5, 0.6) is 0 Å². The first kappa shape index (κ1) is 18.5. The second-order valence-electron chi connectivity index (χ2n) is 7.07. The molecule has 2 heterocycles. The molecule has 0 spiro atoms. The third-order valence-electron chi connectivity index (χ3n) is 5.51. The van der Waals surface area contributed by atoms with Crippen molar-refractivity contribution in [3.63, 3.8) is 0 Å². The highest BCUT2D eigenvalue weighted by Crippen LogP contribution is 2.50. The van der Waals surface area contributed by atoms with Gasteiger partial charge in [0.15, 0.2) is 0 Å². The lowest BCUT2D eigenvalue weighted by Crippen LogP contribution is -2.55. The second kappa shape index (κ2) is 5.87. The van der Waals surface area contributed by atoms with E-state index in [-0.39, 0.29) is 24.9 Å². The minimum absolute atomic E-state index is 0.129. The van der Waals surface area contributed by atoms with Crippen molar-refractivity contribution in [2.75, 3.05) is 7.05 Å². The van der Waals surface area contributed by atoms with Crippen molar-refractivity contribution in [2.45, 2.75) is 62.1 Å². The number of nitrogens with zero attached hydrogens (tertiary/aromatic N) is 1. The van der Waals surface area contributed by atoms with Crippen LogP contribution in [0.4, 0.5) is 26.3 Å². The van der Waals surface area contributed by atoms with Crippen molar-refractivity contribution in [1.82, 2.24) is 4.90 Å². The molecule has 8 heteroatoms. The minimum Gasteiger partial charge on any atom is -0.385 e. The van der Waals surface area contributed by atoms with Crippen molar-refractivity contribution in [1.29, 1.82) is 0 Å². The molecule has 0 radical (unpaired) electrons. The largest absolute Gasteiger partial charge is 0.416 e. The lowest BCUT2D eigenvalue weighted by atomic mass is 9.70. The molecule has 2 unspecified atom stereocenters. The Labute approximate surface area is 141 Å². The number of hydrogen-bond acceptors (Lipinski definition) is 2. The molecule has 0 saturated carbocycles. The second-order valence-corrected chi connectivity index (χ2v) is 7.07. The summed E-state index contributed by atoms with van der Waals surface area (Å²) in [5.74, 6) is 0. The number of hydrogen-bond donors (Lipinski definition) is 1. The molecule has 1 N–H and O–H groups in total. The van der Waals surface area contributed by atoms with Gasteiger partial charge in [0.1, 0.15) is 0 Å². The van der Waals surface area contributed by atoms with Crippen LogP contribution in [0.2, 0.25) is 0 Å². The Kier molecular flexibility index (Phi) is 4.35. The maximum atomic E-state index is 13.4. The molecule has 2 aliphatic rings. The van der Waals surface area contributed by atoms with E-state index in [1.807, 2.05) is 11.9 Å². The van der Waals surface area contributed by atoms with E-state index in [0.29, 0.717) is 25.0 Å². The fourth-order valence-corrected chi connectivity index (χ4v) is 4.38. The summed E-state index contributed by atoms with van der Waals surface area (Å²) in [4.78, 5) is 1.97. The van der Waals surface area contributed by atoms with E-state index in [4.69, 9.17) is 0 Å². The van der Waals surface area contributed by atoms with Crippen molar-refractivity contribution in [3.05, 3.63) is 34.9 Å². The fourth-order valence-electron chi connectivity index (χ4n) is 4.38. The Bertz CT molecular complexity index is 607. The standard InChI is InChI=1S/C17H19F6NO/c1-24-10-4-2-5-11(24)9-15(25,8-10)14-12(16(18,19)20)6-3-7-13(14)17(21,22)23/h3,6-7,10-11,25H,2,4-5,8-9H2,1H3. The molecule has 3 rings (SSSR count). The van der Waals surface area contributed by atoms with Crippen molar-refractivity contribution >= 4 is 0 Å². The van der Waals surface area contributed by atoms with Gasteiger partial charge in [-0.15, -0.1) is 0 Å². The Hall–Kier alpha value is -1.28. The molecule has 2 fully saturated rings. The summed E-state index contributed by atoms with van der Waals surface area (Å²) in [6, 6.07) is 1.54. The molecule has 2 aliphatic heterocycles. The molecule has 1 aromatic rings. The Morgan fingerprint density at radius 3 is 1.80 bits per heavy atom. The molecule has 0 amide bonds. The molecule has 1 aromatic carbocycles. The molecule has 140 valence electrons. The van der Waals surface area contributed by atoms with Crippen molar-refractivity contribution < 1.29 is 31.4 Å². The van der Waals surface area contributed by atoms with Gasteiger partial charge in [-0.3, -0.25) is 0 Å². The Balaban J connectivity index is 2.18. The zero-order chi connectivity index (χ0) is 18.6. The maximum absolute atomic E-state index is 13.4. The lowest BCUT2D eigenvalue weighted by molar-refractivity contribution is -0.154. The van der Waals surface area contributed by atoms with Crippen LogP contribution in [-0.2, 0) is 18.0 Å². The fraction of sp³-hybridized carbons (Fsp3) is 0.647. The highest BCUT2D eigenvalue weighted by Gasteiger charge is 2.52. The number of fused-ring (bicyclic) bond motifs is 2. The predicted molar refractivity (Wildman–Crippen MR) is 78.8 cm³/mol. The molecule has 0 aliphatic carbocycles. The summed E-state index contributed by atoms with van der Waals surface area (Å²) in [6.45, 7) is 0. The van der Waals surface area contributed by atoms with Gasteiger partial charge in [0.05, 0.1) is 16.7 Å². The van der Waals surface area contributed by atoms with Gasteiger partial charge in [0.2, 0.25) is 0 Å². The topological polar surface area (TPSA) is 23.5 Å². The summed E-state index contributed by atoms with van der Waals surface area (Å²) < 4.78 is 80.5. The van der Waals surface area contributed by atoms with E-state index in [1.54, 1.807) is 0 Å². The first-order valence-corrected chi connectivity index (χ1v) is 8.16. The van der Waals surface area contributed by atoms with Gasteiger partial charge in [0, 0.05) is 17.6 Å². The van der Waals surface area contributed by atoms with E-state index in [9.17, 15) is 31.4 Å². The third-order valence-corrected chi connectivity index (χ3v) is 5.51. The third kappa shape index (κ3) is 3.26. The molecular formula is C17H19F6NO. The molecule has 2 saturated heterocycles. The number of benzene rings is 1. The zero-order valence-corrected chi connectivity index (χ0v) is 13.6. The van der Waals surface area contributed by atoms with Crippen LogP contribution in [0.1, 0.15) is 48.8 Å². The first-order chi connectivity index (χ1) is 11.4. The molecule has 25 heavy (non-hydrogen) atoms. The zero-order valence-electron chi connectivity index (χ0n) is 13.6. The van der Waals surface area contributed by atoms with Crippen molar-refractivity contribution in [2.24, 2.45) is 0 Å². The SMILES string of the molecule is CN1C2CCCC1CC(O)(c1c(C(F)(F)F)cccc1C(F)(F)F)C2. The van der Waals surface area contributed by atoms with Gasteiger partial charge in [-0.1, -0.05) is 12.5 Å². The molecule has 2 nitrogen and oxygen atoms in total. The predicted octanol–water partition coefficient (Wildman–Crippen LogP) is 4.56. The van der Waals surface area contributed by atoms with Crippen molar-refractivity contribution in [3.8, 4) is 0 Å². The van der Waals surface area contributed by atoms with Gasteiger partial charge < -0.3 is 10.0 Å². The van der Waals surface area contributed by atoms with Crippen LogP contribution < -0.4 is 0 Å². The van der Waals surface area contributed by atoms with Gasteiger partial charge in [-0.05, 0) is 44.9 Å². The van der Waals surface area contributed by atoms with Gasteiger partial charge in [-0.2, -0.15) is 26.3 Å². The Morgan fingerprint density at radius 2 is 1.40 bits per heavy atom. The lowest BCUT2D eigenvalue weighted by Gasteiger charge is -2.51. The van der Waals surface area contributed by atoms with Gasteiger partial charge >= 0.3 is 12.4 Å². The van der Waals surface area contributed by atoms with Crippen LogP contribution in [-0.4, -0.2) is 29.1 Å². The maximum Gasteiger partial charge on any atom is 0.416 e. The van der Waals surface area contributed by atoms with Gasteiger partial charge in [-0.25, -0.2) is 0 Å². The summed E-state index contributed by atoms with van der Waals surface area (Å²) in [5, 5.41) is 11.0. The summed E-state index contributed by atoms with van der Waals surface area (Å²) in [6.07, 6.45) is -8.01. The molecular weight excluding hydrogens is 348 g/mol. The molecule has 2 atom stereocenters. The summed E-state index contributed by atoms with van der Waals surface area (Å²) >= 11 is 0. The summed E-state index contributed by atoms with van der Waals surface area (Å²) in [7, 11) is 1.81. The number of rotatable bonds is 1. The Morgan fingerprint density at radius 1 is 0.960 bits per heavy atom. The minimum atomic E-state index is -4.97. The average Bonchev–Trinajstić information content (AvgIpc) is 2.46. The highest BCUT2D eigenvalue weighted by molar-refractivity contribution is 5.44. The molecule has 0 aromatic heterocycles. The highest BCUT2D eigenvalue weighted by atomic mass is 19.4. The number of piperidine rings is 2. The van der Waals surface area contributed by atoms with Gasteiger partial charge in [0.25, 0.3) is 0 Å². The average molecular weight is 367 g/mol. The molecule has 2 bridgehead atoms. The van der Waals surface area contributed by atoms with Crippen LogP contribution in [0, 0.1) is 0 Å². The van der Waals surface area contributed by atoms with E-state index in [0.717, 1.165) is 12.5 Å². The quantitative estimate of drug-likeness (QED) is 0.736. The van der Waals surface area contributed by atoms with Crippen LogP contribution >= 0.6 is 0 Å². The van der Waals surface area contributed by atoms with E-state index >= 15 is 0 Å². The monoisotopic (exact) mass is 367 g/mol. The van der Waals surface area contributed by atoms with Crippen LogP contribution in [0.3, 0.4) is 0 Å². The first-order valence-electron chi connectivity index (χ1n) is 8.16. The smallest absolute Gasteiger partial charge is 0.385 e. The van der Waals surface area contributed by atoms with E-state index in [2.05, 4.69) is 0 Å².